The summed E-state index contributed by atoms with van der Waals surface area (Å²) in [5, 5.41) is 16.1. The normalized spacial score (nSPS) is 28.5. The number of rotatable bonds is 7. The quantitative estimate of drug-likeness (QED) is 0.595. The lowest BCUT2D eigenvalue weighted by atomic mass is 9.97. The summed E-state index contributed by atoms with van der Waals surface area (Å²) in [6.45, 7) is 4.70. The highest BCUT2D eigenvalue weighted by molar-refractivity contribution is 5.81. The minimum Gasteiger partial charge on any atom is -0.389 e. The molecule has 0 radical (unpaired) electrons. The summed E-state index contributed by atoms with van der Waals surface area (Å²) < 4.78 is 4.97. The fraction of sp³-hybridized carbons (Fsp3) is 0.933. The second kappa shape index (κ2) is 8.68. The first-order valence-electron chi connectivity index (χ1n) is 8.09. The lowest BCUT2D eigenvalue weighted by Gasteiger charge is -2.34. The minimum absolute atomic E-state index is 0.00761. The molecule has 0 aromatic heterocycles. The van der Waals surface area contributed by atoms with E-state index in [1.54, 1.807) is 7.11 Å². The Morgan fingerprint density at radius 3 is 3.05 bits per heavy atom. The van der Waals surface area contributed by atoms with Crippen LogP contribution in [0.2, 0.25) is 0 Å². The summed E-state index contributed by atoms with van der Waals surface area (Å²) in [6.07, 6.45) is 3.89. The zero-order valence-corrected chi connectivity index (χ0v) is 13.0. The van der Waals surface area contributed by atoms with Crippen LogP contribution >= 0.6 is 0 Å². The standard InChI is InChI=1S/C15H29N3O3/c1-21-11-13(19)10-18-7-3-4-12(9-18)8-17-15(20)14-5-2-6-16-14/h12-14,16,19H,2-11H2,1H3,(H,17,20). The highest BCUT2D eigenvalue weighted by atomic mass is 16.5. The van der Waals surface area contributed by atoms with Crippen LogP contribution < -0.4 is 10.6 Å². The molecule has 122 valence electrons. The van der Waals surface area contributed by atoms with Gasteiger partial charge in [-0.3, -0.25) is 4.79 Å². The van der Waals surface area contributed by atoms with Crippen molar-refractivity contribution in [3.63, 3.8) is 0 Å². The van der Waals surface area contributed by atoms with E-state index in [1.165, 1.54) is 0 Å². The molecule has 0 aliphatic carbocycles. The summed E-state index contributed by atoms with van der Waals surface area (Å²) >= 11 is 0. The van der Waals surface area contributed by atoms with Gasteiger partial charge in [-0.1, -0.05) is 0 Å². The highest BCUT2D eigenvalue weighted by Crippen LogP contribution is 2.16. The Bertz CT molecular complexity index is 321. The number of ether oxygens (including phenoxy) is 1. The van der Waals surface area contributed by atoms with E-state index in [4.69, 9.17) is 4.74 Å². The Hall–Kier alpha value is -0.690. The number of aliphatic hydroxyl groups excluding tert-OH is 1. The van der Waals surface area contributed by atoms with Gasteiger partial charge in [0.2, 0.25) is 5.91 Å². The summed E-state index contributed by atoms with van der Waals surface area (Å²) in [7, 11) is 1.61. The van der Waals surface area contributed by atoms with Crippen LogP contribution in [0.15, 0.2) is 0 Å². The lowest BCUT2D eigenvalue weighted by molar-refractivity contribution is -0.123. The van der Waals surface area contributed by atoms with Gasteiger partial charge in [-0.25, -0.2) is 0 Å². The van der Waals surface area contributed by atoms with E-state index in [-0.39, 0.29) is 11.9 Å². The van der Waals surface area contributed by atoms with Crippen molar-refractivity contribution in [1.82, 2.24) is 15.5 Å². The number of aliphatic hydroxyl groups is 1. The molecule has 0 bridgehead atoms. The maximum Gasteiger partial charge on any atom is 0.237 e. The molecule has 3 atom stereocenters. The van der Waals surface area contributed by atoms with Gasteiger partial charge >= 0.3 is 0 Å². The minimum atomic E-state index is -0.425. The number of carbonyl (C=O) groups excluding carboxylic acids is 1. The van der Waals surface area contributed by atoms with Crippen molar-refractivity contribution in [2.24, 2.45) is 5.92 Å². The molecular formula is C15H29N3O3. The van der Waals surface area contributed by atoms with Gasteiger partial charge in [-0.15, -0.1) is 0 Å². The summed E-state index contributed by atoms with van der Waals surface area (Å²) in [5.74, 6) is 0.628. The monoisotopic (exact) mass is 299 g/mol. The van der Waals surface area contributed by atoms with Gasteiger partial charge in [0.05, 0.1) is 18.8 Å². The lowest BCUT2D eigenvalue weighted by Crippen LogP contribution is -2.47. The molecule has 2 rings (SSSR count). The summed E-state index contributed by atoms with van der Waals surface area (Å²) in [4.78, 5) is 14.3. The third-order valence-corrected chi connectivity index (χ3v) is 4.37. The van der Waals surface area contributed by atoms with Crippen LogP contribution in [0.25, 0.3) is 0 Å². The van der Waals surface area contributed by atoms with Crippen molar-refractivity contribution in [3.05, 3.63) is 0 Å². The molecule has 3 unspecified atom stereocenters. The van der Waals surface area contributed by atoms with E-state index in [2.05, 4.69) is 15.5 Å². The van der Waals surface area contributed by atoms with Gasteiger partial charge < -0.3 is 25.4 Å². The van der Waals surface area contributed by atoms with Crippen LogP contribution in [0.3, 0.4) is 0 Å². The molecule has 2 fully saturated rings. The van der Waals surface area contributed by atoms with Crippen molar-refractivity contribution in [3.8, 4) is 0 Å². The maximum atomic E-state index is 12.0. The Labute approximate surface area is 127 Å². The van der Waals surface area contributed by atoms with Crippen LogP contribution in [-0.4, -0.2) is 74.5 Å². The van der Waals surface area contributed by atoms with Crippen molar-refractivity contribution < 1.29 is 14.6 Å². The predicted molar refractivity (Wildman–Crippen MR) is 81.1 cm³/mol. The number of carbonyl (C=O) groups is 1. The third-order valence-electron chi connectivity index (χ3n) is 4.37. The maximum absolute atomic E-state index is 12.0. The van der Waals surface area contributed by atoms with Crippen molar-refractivity contribution >= 4 is 5.91 Å². The van der Waals surface area contributed by atoms with Gasteiger partial charge in [0, 0.05) is 26.7 Å². The van der Waals surface area contributed by atoms with E-state index in [9.17, 15) is 9.90 Å². The smallest absolute Gasteiger partial charge is 0.237 e. The van der Waals surface area contributed by atoms with Crippen LogP contribution in [0.4, 0.5) is 0 Å². The van der Waals surface area contributed by atoms with E-state index >= 15 is 0 Å². The van der Waals surface area contributed by atoms with Crippen LogP contribution in [0.5, 0.6) is 0 Å². The number of hydrogen-bond donors (Lipinski definition) is 3. The molecule has 2 heterocycles. The molecule has 0 spiro atoms. The number of amides is 1. The van der Waals surface area contributed by atoms with Gasteiger partial charge in [0.25, 0.3) is 0 Å². The molecule has 1 amide bonds. The van der Waals surface area contributed by atoms with Gasteiger partial charge in [0.15, 0.2) is 0 Å². The van der Waals surface area contributed by atoms with Crippen LogP contribution in [0, 0.1) is 5.92 Å². The van der Waals surface area contributed by atoms with Crippen LogP contribution in [0.1, 0.15) is 25.7 Å². The number of likely N-dealkylation sites (tertiary alicyclic amines) is 1. The number of piperidine rings is 1. The Morgan fingerprint density at radius 1 is 1.48 bits per heavy atom. The highest BCUT2D eigenvalue weighted by Gasteiger charge is 2.25. The molecule has 0 aromatic carbocycles. The average molecular weight is 299 g/mol. The second-order valence-corrected chi connectivity index (χ2v) is 6.27. The van der Waals surface area contributed by atoms with E-state index in [1.807, 2.05) is 0 Å². The molecule has 2 aliphatic heterocycles. The third kappa shape index (κ3) is 5.54. The van der Waals surface area contributed by atoms with Crippen molar-refractivity contribution in [2.45, 2.75) is 37.8 Å². The molecule has 3 N–H and O–H groups in total. The first-order valence-corrected chi connectivity index (χ1v) is 8.09. The SMILES string of the molecule is COCC(O)CN1CCCC(CNC(=O)C2CCCN2)C1. The zero-order chi connectivity index (χ0) is 15.1. The Balaban J connectivity index is 1.67. The average Bonchev–Trinajstić information content (AvgIpc) is 2.99. The molecule has 2 aliphatic rings. The topological polar surface area (TPSA) is 73.8 Å². The first-order chi connectivity index (χ1) is 10.2. The zero-order valence-electron chi connectivity index (χ0n) is 13.0. The van der Waals surface area contributed by atoms with E-state index in [0.717, 1.165) is 51.9 Å². The molecule has 0 saturated carbocycles. The number of nitrogens with one attached hydrogen (secondary N) is 2. The van der Waals surface area contributed by atoms with Gasteiger partial charge in [0.1, 0.15) is 0 Å². The Morgan fingerprint density at radius 2 is 2.33 bits per heavy atom. The molecule has 6 heteroatoms. The number of β-amino-alcohol motifs (C(OH)–C–C–N with tert-alkyl or cyclic N) is 1. The second-order valence-electron chi connectivity index (χ2n) is 6.27. The fourth-order valence-corrected chi connectivity index (χ4v) is 3.30. The summed E-state index contributed by atoms with van der Waals surface area (Å²) in [6, 6.07) is 0.00761. The predicted octanol–water partition coefficient (Wildman–Crippen LogP) is -0.426. The van der Waals surface area contributed by atoms with E-state index < -0.39 is 6.10 Å². The van der Waals surface area contributed by atoms with Crippen molar-refractivity contribution in [1.29, 1.82) is 0 Å². The molecule has 21 heavy (non-hydrogen) atoms. The molecular weight excluding hydrogens is 270 g/mol. The van der Waals surface area contributed by atoms with E-state index in [0.29, 0.717) is 19.1 Å². The Kier molecular flexibility index (Phi) is 6.89. The van der Waals surface area contributed by atoms with Gasteiger partial charge in [-0.2, -0.15) is 0 Å². The number of methoxy groups -OCH3 is 1. The fourth-order valence-electron chi connectivity index (χ4n) is 3.30. The largest absolute Gasteiger partial charge is 0.389 e. The van der Waals surface area contributed by atoms with Crippen LogP contribution in [-0.2, 0) is 9.53 Å². The van der Waals surface area contributed by atoms with Gasteiger partial charge in [-0.05, 0) is 44.7 Å². The molecule has 2 saturated heterocycles. The number of hydrogen-bond acceptors (Lipinski definition) is 5. The summed E-state index contributed by atoms with van der Waals surface area (Å²) in [5.41, 5.74) is 0. The first kappa shape index (κ1) is 16.7. The molecule has 0 aromatic rings. The van der Waals surface area contributed by atoms with Crippen molar-refractivity contribution in [2.75, 3.05) is 46.4 Å². The molecule has 6 nitrogen and oxygen atoms in total. The number of nitrogens with zero attached hydrogens (tertiary/aromatic N) is 1.